The first-order chi connectivity index (χ1) is 12.3. The summed E-state index contributed by atoms with van der Waals surface area (Å²) in [4.78, 5) is 2.58. The van der Waals surface area contributed by atoms with E-state index in [2.05, 4.69) is 77.8 Å². The summed E-state index contributed by atoms with van der Waals surface area (Å²) in [5.41, 5.74) is 5.14. The molecule has 4 rings (SSSR count). The molecule has 25 heavy (non-hydrogen) atoms. The van der Waals surface area contributed by atoms with Crippen molar-refractivity contribution in [2.45, 2.75) is 45.2 Å². The van der Waals surface area contributed by atoms with Crippen LogP contribution in [0.15, 0.2) is 54.6 Å². The summed E-state index contributed by atoms with van der Waals surface area (Å²) in [6, 6.07) is 19.5. The fourth-order valence-electron chi connectivity index (χ4n) is 4.27. The molecular weight excluding hydrogens is 304 g/mol. The van der Waals surface area contributed by atoms with E-state index in [1.165, 1.54) is 54.6 Å². The van der Waals surface area contributed by atoms with Gasteiger partial charge < -0.3 is 10.2 Å². The van der Waals surface area contributed by atoms with Crippen LogP contribution in [0.4, 0.5) is 5.69 Å². The van der Waals surface area contributed by atoms with Crippen molar-refractivity contribution in [3.05, 3.63) is 65.7 Å². The molecule has 2 nitrogen and oxygen atoms in total. The van der Waals surface area contributed by atoms with E-state index in [-0.39, 0.29) is 6.17 Å². The highest BCUT2D eigenvalue weighted by Gasteiger charge is 2.25. The molecule has 1 atom stereocenters. The molecule has 2 aromatic rings. The molecule has 1 aliphatic carbocycles. The van der Waals surface area contributed by atoms with Gasteiger partial charge in [0, 0.05) is 17.9 Å². The summed E-state index contributed by atoms with van der Waals surface area (Å²) < 4.78 is 0. The SMILES string of the molecule is CC1NC(c2ccccc2)=Cc2ccccc2N1CC1CCCCC1. The van der Waals surface area contributed by atoms with E-state index in [4.69, 9.17) is 0 Å². The third kappa shape index (κ3) is 3.58. The van der Waals surface area contributed by atoms with E-state index in [0.29, 0.717) is 0 Å². The minimum atomic E-state index is 0.289. The number of hydrogen-bond donors (Lipinski definition) is 1. The van der Waals surface area contributed by atoms with Gasteiger partial charge in [-0.25, -0.2) is 0 Å². The lowest BCUT2D eigenvalue weighted by Crippen LogP contribution is -2.45. The predicted molar refractivity (Wildman–Crippen MR) is 107 cm³/mol. The molecule has 0 amide bonds. The van der Waals surface area contributed by atoms with Gasteiger partial charge in [0.05, 0.1) is 6.17 Å². The first-order valence-corrected chi connectivity index (χ1v) is 9.70. The molecule has 0 radical (unpaired) electrons. The van der Waals surface area contributed by atoms with E-state index in [1.807, 2.05) is 0 Å². The highest BCUT2D eigenvalue weighted by atomic mass is 15.3. The van der Waals surface area contributed by atoms with Crippen LogP contribution in [-0.4, -0.2) is 12.7 Å². The maximum atomic E-state index is 3.77. The molecule has 130 valence electrons. The molecule has 0 aromatic heterocycles. The third-order valence-electron chi connectivity index (χ3n) is 5.64. The zero-order chi connectivity index (χ0) is 17.1. The second kappa shape index (κ2) is 7.35. The Morgan fingerprint density at radius 1 is 0.920 bits per heavy atom. The molecule has 1 fully saturated rings. The summed E-state index contributed by atoms with van der Waals surface area (Å²) >= 11 is 0. The van der Waals surface area contributed by atoms with Gasteiger partial charge in [-0.3, -0.25) is 0 Å². The van der Waals surface area contributed by atoms with E-state index < -0.39 is 0 Å². The van der Waals surface area contributed by atoms with Crippen LogP contribution in [0.3, 0.4) is 0 Å². The number of anilines is 1. The number of nitrogens with one attached hydrogen (secondary N) is 1. The van der Waals surface area contributed by atoms with E-state index >= 15 is 0 Å². The molecule has 1 unspecified atom stereocenters. The van der Waals surface area contributed by atoms with Crippen molar-refractivity contribution in [3.63, 3.8) is 0 Å². The zero-order valence-corrected chi connectivity index (χ0v) is 15.1. The highest BCUT2D eigenvalue weighted by molar-refractivity contribution is 5.86. The largest absolute Gasteiger partial charge is 0.365 e. The van der Waals surface area contributed by atoms with Crippen LogP contribution in [0.5, 0.6) is 0 Å². The average Bonchev–Trinajstić information content (AvgIpc) is 2.80. The van der Waals surface area contributed by atoms with Gasteiger partial charge in [0.1, 0.15) is 0 Å². The van der Waals surface area contributed by atoms with Gasteiger partial charge in [0.25, 0.3) is 0 Å². The molecule has 2 aromatic carbocycles. The summed E-state index contributed by atoms with van der Waals surface area (Å²) in [6.07, 6.45) is 9.57. The quantitative estimate of drug-likeness (QED) is 0.796. The molecule has 1 heterocycles. The Morgan fingerprint density at radius 3 is 2.44 bits per heavy atom. The minimum absolute atomic E-state index is 0.289. The molecular formula is C23H28N2. The molecule has 0 saturated heterocycles. The first-order valence-electron chi connectivity index (χ1n) is 9.70. The zero-order valence-electron chi connectivity index (χ0n) is 15.1. The maximum Gasteiger partial charge on any atom is 0.0961 e. The van der Waals surface area contributed by atoms with E-state index in [9.17, 15) is 0 Å². The lowest BCUT2D eigenvalue weighted by atomic mass is 9.88. The van der Waals surface area contributed by atoms with E-state index in [0.717, 1.165) is 12.5 Å². The van der Waals surface area contributed by atoms with Crippen LogP contribution in [0.2, 0.25) is 0 Å². The number of fused-ring (bicyclic) bond motifs is 1. The van der Waals surface area contributed by atoms with Gasteiger partial charge in [0.2, 0.25) is 0 Å². The second-order valence-electron chi connectivity index (χ2n) is 7.46. The second-order valence-corrected chi connectivity index (χ2v) is 7.46. The van der Waals surface area contributed by atoms with Gasteiger partial charge >= 0.3 is 0 Å². The molecule has 1 N–H and O–H groups in total. The Kier molecular flexibility index (Phi) is 4.78. The van der Waals surface area contributed by atoms with Crippen molar-refractivity contribution >= 4 is 17.5 Å². The van der Waals surface area contributed by atoms with Crippen molar-refractivity contribution in [1.82, 2.24) is 5.32 Å². The maximum absolute atomic E-state index is 3.77. The van der Waals surface area contributed by atoms with Gasteiger partial charge in [-0.15, -0.1) is 0 Å². The number of para-hydroxylation sites is 1. The van der Waals surface area contributed by atoms with Crippen LogP contribution in [0.1, 0.15) is 50.2 Å². The molecule has 2 aliphatic rings. The molecule has 1 saturated carbocycles. The summed E-state index contributed by atoms with van der Waals surface area (Å²) in [7, 11) is 0. The van der Waals surface area contributed by atoms with Crippen LogP contribution in [0, 0.1) is 5.92 Å². The molecule has 1 aliphatic heterocycles. The van der Waals surface area contributed by atoms with Gasteiger partial charge in [0.15, 0.2) is 0 Å². The molecule has 0 spiro atoms. The van der Waals surface area contributed by atoms with Crippen molar-refractivity contribution < 1.29 is 0 Å². The predicted octanol–water partition coefficient (Wildman–Crippen LogP) is 5.52. The van der Waals surface area contributed by atoms with Gasteiger partial charge in [-0.05, 0) is 49.0 Å². The average molecular weight is 332 g/mol. The minimum Gasteiger partial charge on any atom is -0.365 e. The van der Waals surface area contributed by atoms with Crippen LogP contribution >= 0.6 is 0 Å². The van der Waals surface area contributed by atoms with Crippen LogP contribution in [-0.2, 0) is 0 Å². The lowest BCUT2D eigenvalue weighted by molar-refractivity contribution is 0.348. The van der Waals surface area contributed by atoms with Crippen molar-refractivity contribution in [3.8, 4) is 0 Å². The Hall–Kier alpha value is -2.22. The standard InChI is InChI=1S/C23H28N2/c1-18-24-22(20-12-6-3-7-13-20)16-21-14-8-9-15-23(21)25(18)17-19-10-4-2-5-11-19/h3,6-9,12-16,18-19,24H,2,4-5,10-11,17H2,1H3. The first kappa shape index (κ1) is 16.3. The van der Waals surface area contributed by atoms with Crippen LogP contribution in [0.25, 0.3) is 11.8 Å². The monoisotopic (exact) mass is 332 g/mol. The van der Waals surface area contributed by atoms with Crippen molar-refractivity contribution in [2.24, 2.45) is 5.92 Å². The van der Waals surface area contributed by atoms with Gasteiger partial charge in [-0.1, -0.05) is 67.8 Å². The van der Waals surface area contributed by atoms with Gasteiger partial charge in [-0.2, -0.15) is 0 Å². The Morgan fingerprint density at radius 2 is 1.64 bits per heavy atom. The summed E-state index contributed by atoms with van der Waals surface area (Å²) in [5.74, 6) is 0.823. The Labute approximate surface area is 151 Å². The van der Waals surface area contributed by atoms with Crippen LogP contribution < -0.4 is 10.2 Å². The number of hydrogen-bond acceptors (Lipinski definition) is 2. The molecule has 0 bridgehead atoms. The number of benzene rings is 2. The van der Waals surface area contributed by atoms with Crippen molar-refractivity contribution in [2.75, 3.05) is 11.4 Å². The van der Waals surface area contributed by atoms with E-state index in [1.54, 1.807) is 0 Å². The fourth-order valence-corrected chi connectivity index (χ4v) is 4.27. The summed E-state index contributed by atoms with van der Waals surface area (Å²) in [5, 5.41) is 3.77. The number of rotatable bonds is 3. The normalized spacial score (nSPS) is 21.1. The van der Waals surface area contributed by atoms with Crippen molar-refractivity contribution in [1.29, 1.82) is 0 Å². The third-order valence-corrected chi connectivity index (χ3v) is 5.64. The Bertz CT molecular complexity index is 729. The fraction of sp³-hybridized carbons (Fsp3) is 0.391. The lowest BCUT2D eigenvalue weighted by Gasteiger charge is -2.36. The molecule has 2 heteroatoms. The topological polar surface area (TPSA) is 15.3 Å². The Balaban J connectivity index is 1.66. The smallest absolute Gasteiger partial charge is 0.0961 e. The number of nitrogens with zero attached hydrogens (tertiary/aromatic N) is 1. The highest BCUT2D eigenvalue weighted by Crippen LogP contribution is 2.33. The summed E-state index contributed by atoms with van der Waals surface area (Å²) in [6.45, 7) is 3.45.